The number of esters is 1. The lowest BCUT2D eigenvalue weighted by Crippen LogP contribution is -2.57. The lowest BCUT2D eigenvalue weighted by Gasteiger charge is -2.38. The number of anilines is 1. The molecule has 3 saturated heterocycles. The van der Waals surface area contributed by atoms with Crippen molar-refractivity contribution >= 4 is 23.5 Å². The van der Waals surface area contributed by atoms with Crippen molar-refractivity contribution in [3.63, 3.8) is 0 Å². The third kappa shape index (κ3) is 3.67. The molecule has 33 heavy (non-hydrogen) atoms. The third-order valence-electron chi connectivity index (χ3n) is 7.22. The quantitative estimate of drug-likeness (QED) is 0.566. The Kier molecular flexibility index (Phi) is 6.37. The predicted molar refractivity (Wildman–Crippen MR) is 118 cm³/mol. The first kappa shape index (κ1) is 23.5. The first-order valence-electron chi connectivity index (χ1n) is 11.5. The second kappa shape index (κ2) is 8.95. The molecule has 6 atom stereocenters. The van der Waals surface area contributed by atoms with Crippen molar-refractivity contribution in [2.75, 3.05) is 25.6 Å². The highest BCUT2D eigenvalue weighted by atomic mass is 16.6. The summed E-state index contributed by atoms with van der Waals surface area (Å²) >= 11 is 0. The fraction of sp³-hybridized carbons (Fsp3) is 0.625. The van der Waals surface area contributed by atoms with Crippen LogP contribution in [0.25, 0.3) is 0 Å². The van der Waals surface area contributed by atoms with Gasteiger partial charge in [0.05, 0.1) is 44.3 Å². The topological polar surface area (TPSA) is 114 Å². The lowest BCUT2D eigenvalue weighted by molar-refractivity contribution is -0.155. The predicted octanol–water partition coefficient (Wildman–Crippen LogP) is 1.59. The second-order valence-corrected chi connectivity index (χ2v) is 9.27. The summed E-state index contributed by atoms with van der Waals surface area (Å²) in [5.41, 5.74) is -0.578. The molecule has 1 spiro atoms. The van der Waals surface area contributed by atoms with E-state index in [4.69, 9.17) is 14.2 Å². The first-order chi connectivity index (χ1) is 15.8. The summed E-state index contributed by atoms with van der Waals surface area (Å²) < 4.78 is 16.8. The van der Waals surface area contributed by atoms with Crippen molar-refractivity contribution in [1.82, 2.24) is 4.90 Å². The molecule has 0 radical (unpaired) electrons. The van der Waals surface area contributed by atoms with Crippen molar-refractivity contribution in [3.8, 4) is 5.75 Å². The van der Waals surface area contributed by atoms with E-state index in [-0.39, 0.29) is 25.0 Å². The number of nitrogens with zero attached hydrogens (tertiary/aromatic N) is 1. The molecule has 1 aromatic rings. The number of methoxy groups -OCH3 is 1. The molecule has 0 unspecified atom stereocenters. The largest absolute Gasteiger partial charge is 0.497 e. The zero-order valence-electron chi connectivity index (χ0n) is 19.4. The van der Waals surface area contributed by atoms with Crippen molar-refractivity contribution < 1.29 is 33.7 Å². The van der Waals surface area contributed by atoms with Crippen LogP contribution in [0.3, 0.4) is 0 Å². The number of aliphatic hydroxyl groups excluding tert-OH is 1. The molecule has 3 aliphatic rings. The number of nitrogens with one attached hydrogen (secondary N) is 1. The summed E-state index contributed by atoms with van der Waals surface area (Å²) in [6.07, 6.45) is 0.596. The Bertz CT molecular complexity index is 918. The van der Waals surface area contributed by atoms with Crippen molar-refractivity contribution in [2.24, 2.45) is 17.8 Å². The number of fused-ring (bicyclic) bond motifs is 1. The number of carbonyl (C=O) groups excluding carboxylic acids is 3. The van der Waals surface area contributed by atoms with Gasteiger partial charge in [-0.25, -0.2) is 0 Å². The Morgan fingerprint density at radius 3 is 2.58 bits per heavy atom. The number of likely N-dealkylation sites (tertiary alicyclic amines) is 1. The van der Waals surface area contributed by atoms with Gasteiger partial charge in [-0.2, -0.15) is 0 Å². The highest BCUT2D eigenvalue weighted by Crippen LogP contribution is 2.59. The van der Waals surface area contributed by atoms with E-state index in [1.54, 1.807) is 38.3 Å². The number of hydrogen-bond acceptors (Lipinski definition) is 7. The molecular formula is C24H32N2O7. The molecule has 9 nitrogen and oxygen atoms in total. The fourth-order valence-electron chi connectivity index (χ4n) is 5.76. The van der Waals surface area contributed by atoms with Gasteiger partial charge in [0.15, 0.2) is 0 Å². The monoisotopic (exact) mass is 460 g/mol. The van der Waals surface area contributed by atoms with E-state index in [2.05, 4.69) is 5.32 Å². The van der Waals surface area contributed by atoms with Gasteiger partial charge in [0.1, 0.15) is 17.4 Å². The van der Waals surface area contributed by atoms with Gasteiger partial charge in [-0.05, 0) is 49.9 Å². The summed E-state index contributed by atoms with van der Waals surface area (Å²) in [5.74, 6) is -2.22. The van der Waals surface area contributed by atoms with Crippen LogP contribution in [0.5, 0.6) is 5.75 Å². The maximum Gasteiger partial charge on any atom is 0.312 e. The van der Waals surface area contributed by atoms with Gasteiger partial charge >= 0.3 is 5.97 Å². The number of carbonyl (C=O) groups is 3. The van der Waals surface area contributed by atoms with Crippen LogP contribution in [0.1, 0.15) is 33.6 Å². The third-order valence-corrected chi connectivity index (χ3v) is 7.22. The van der Waals surface area contributed by atoms with Crippen LogP contribution in [0.15, 0.2) is 24.3 Å². The Morgan fingerprint density at radius 2 is 2.00 bits per heavy atom. The summed E-state index contributed by atoms with van der Waals surface area (Å²) in [7, 11) is 1.56. The van der Waals surface area contributed by atoms with Gasteiger partial charge < -0.3 is 29.5 Å². The van der Waals surface area contributed by atoms with Gasteiger partial charge in [-0.1, -0.05) is 13.8 Å². The zero-order valence-corrected chi connectivity index (χ0v) is 19.4. The maximum absolute atomic E-state index is 13.8. The SMILES string of the molecule is CCOC(=O)[C@@H]1[C@@H]2CC[C@]3(O2)[C@H](C(=O)Nc2ccc(OC)cc2)N([C@@H](CO)C(C)C)C(=O)[C@@H]13. The average Bonchev–Trinajstić information content (AvgIpc) is 3.42. The molecule has 1 aromatic carbocycles. The van der Waals surface area contributed by atoms with Crippen LogP contribution in [-0.4, -0.2) is 71.9 Å². The van der Waals surface area contributed by atoms with Gasteiger partial charge in [0, 0.05) is 5.69 Å². The van der Waals surface area contributed by atoms with Crippen molar-refractivity contribution in [2.45, 2.75) is 57.4 Å². The molecule has 2 amide bonds. The molecule has 9 heteroatoms. The van der Waals surface area contributed by atoms with E-state index < -0.39 is 47.5 Å². The van der Waals surface area contributed by atoms with Crippen LogP contribution in [0.2, 0.25) is 0 Å². The van der Waals surface area contributed by atoms with E-state index >= 15 is 0 Å². The van der Waals surface area contributed by atoms with E-state index in [0.717, 1.165) is 0 Å². The van der Waals surface area contributed by atoms with Crippen LogP contribution >= 0.6 is 0 Å². The number of ether oxygens (including phenoxy) is 3. The molecule has 180 valence electrons. The molecule has 4 rings (SSSR count). The Labute approximate surface area is 193 Å². The van der Waals surface area contributed by atoms with E-state index in [9.17, 15) is 19.5 Å². The Hall–Kier alpha value is -2.65. The molecule has 2 N–H and O–H groups in total. The van der Waals surface area contributed by atoms with E-state index in [1.807, 2.05) is 13.8 Å². The highest BCUT2D eigenvalue weighted by molar-refractivity contribution is 6.03. The number of aliphatic hydroxyl groups is 1. The minimum atomic E-state index is -1.13. The van der Waals surface area contributed by atoms with E-state index in [1.165, 1.54) is 4.90 Å². The van der Waals surface area contributed by atoms with Crippen molar-refractivity contribution in [3.05, 3.63) is 24.3 Å². The van der Waals surface area contributed by atoms with Gasteiger partial charge in [0.25, 0.3) is 0 Å². The van der Waals surface area contributed by atoms with Gasteiger partial charge in [-0.15, -0.1) is 0 Å². The number of rotatable bonds is 8. The van der Waals surface area contributed by atoms with Crippen LogP contribution in [0, 0.1) is 17.8 Å². The standard InChI is InChI=1S/C24H32N2O7/c1-5-32-23(30)18-17-10-11-24(33-17)19(18)22(29)26(16(12-27)13(2)3)20(24)21(28)25-14-6-8-15(31-4)9-7-14/h6-9,13,16-20,27H,5,10-12H2,1-4H3,(H,25,28)/t16-,17-,18+,19+,20-,24+/m0/s1. The molecule has 2 bridgehead atoms. The minimum Gasteiger partial charge on any atom is -0.497 e. The summed E-state index contributed by atoms with van der Waals surface area (Å²) in [5, 5.41) is 13.0. The summed E-state index contributed by atoms with van der Waals surface area (Å²) in [4.78, 5) is 41.7. The Morgan fingerprint density at radius 1 is 1.30 bits per heavy atom. The number of amides is 2. The minimum absolute atomic E-state index is 0.108. The van der Waals surface area contributed by atoms with Crippen LogP contribution in [-0.2, 0) is 23.9 Å². The first-order valence-corrected chi connectivity index (χ1v) is 11.5. The molecule has 0 aliphatic carbocycles. The smallest absolute Gasteiger partial charge is 0.312 e. The summed E-state index contributed by atoms with van der Waals surface area (Å²) in [6, 6.07) is 5.33. The Balaban J connectivity index is 1.72. The van der Waals surface area contributed by atoms with Gasteiger partial charge in [-0.3, -0.25) is 14.4 Å². The van der Waals surface area contributed by atoms with Crippen LogP contribution in [0.4, 0.5) is 5.69 Å². The highest BCUT2D eigenvalue weighted by Gasteiger charge is 2.75. The maximum atomic E-state index is 13.8. The zero-order chi connectivity index (χ0) is 23.9. The van der Waals surface area contributed by atoms with Crippen molar-refractivity contribution in [1.29, 1.82) is 0 Å². The lowest BCUT2D eigenvalue weighted by atomic mass is 9.70. The average molecular weight is 461 g/mol. The fourth-order valence-corrected chi connectivity index (χ4v) is 5.76. The number of benzene rings is 1. The normalized spacial score (nSPS) is 31.0. The van der Waals surface area contributed by atoms with E-state index in [0.29, 0.717) is 24.3 Å². The summed E-state index contributed by atoms with van der Waals surface area (Å²) in [6.45, 7) is 5.40. The second-order valence-electron chi connectivity index (χ2n) is 9.27. The van der Waals surface area contributed by atoms with Gasteiger partial charge in [0.2, 0.25) is 11.8 Å². The number of hydrogen-bond donors (Lipinski definition) is 2. The molecule has 0 saturated carbocycles. The molecule has 3 aliphatic heterocycles. The molecule has 3 fully saturated rings. The molecule has 3 heterocycles. The van der Waals surface area contributed by atoms with Crippen LogP contribution < -0.4 is 10.1 Å². The molecule has 0 aromatic heterocycles. The molecular weight excluding hydrogens is 428 g/mol.